The monoisotopic (exact) mass is 379 g/mol. The van der Waals surface area contributed by atoms with Crippen LogP contribution in [0.2, 0.25) is 0 Å². The van der Waals surface area contributed by atoms with Gasteiger partial charge in [0.15, 0.2) is 0 Å². The van der Waals surface area contributed by atoms with Gasteiger partial charge in [0.1, 0.15) is 12.1 Å². The first-order chi connectivity index (χ1) is 13.3. The zero-order chi connectivity index (χ0) is 20.3. The summed E-state index contributed by atoms with van der Waals surface area (Å²) in [6.45, 7) is 5.32. The third-order valence-electron chi connectivity index (χ3n) is 5.07. The first-order valence-corrected chi connectivity index (χ1v) is 9.44. The minimum absolute atomic E-state index is 0.331. The third kappa shape index (κ3) is 3.76. The number of imide groups is 1. The molecule has 1 aliphatic rings. The number of benzene rings is 2. The van der Waals surface area contributed by atoms with Crippen LogP contribution in [0.15, 0.2) is 48.5 Å². The number of hydrogen-bond acceptors (Lipinski definition) is 3. The summed E-state index contributed by atoms with van der Waals surface area (Å²) in [5.41, 5.74) is 2.28. The molecule has 0 aliphatic carbocycles. The number of amides is 4. The summed E-state index contributed by atoms with van der Waals surface area (Å²) < 4.78 is 0. The lowest BCUT2D eigenvalue weighted by molar-refractivity contribution is -0.133. The van der Waals surface area contributed by atoms with Gasteiger partial charge in [-0.2, -0.15) is 0 Å². The second kappa shape index (κ2) is 7.84. The maximum Gasteiger partial charge on any atom is 0.325 e. The Labute approximate surface area is 164 Å². The van der Waals surface area contributed by atoms with Crippen molar-refractivity contribution in [2.45, 2.75) is 39.2 Å². The lowest BCUT2D eigenvalue weighted by Crippen LogP contribution is -2.42. The largest absolute Gasteiger partial charge is 0.325 e. The lowest BCUT2D eigenvalue weighted by atomic mass is 9.91. The second-order valence-electron chi connectivity index (χ2n) is 7.26. The quantitative estimate of drug-likeness (QED) is 0.756. The molecule has 6 nitrogen and oxygen atoms in total. The van der Waals surface area contributed by atoms with Crippen molar-refractivity contribution >= 4 is 23.5 Å². The predicted octanol–water partition coefficient (Wildman–Crippen LogP) is 3.35. The number of hydrogen-bond donors (Lipinski definition) is 2. The van der Waals surface area contributed by atoms with Gasteiger partial charge in [-0.1, -0.05) is 55.8 Å². The molecule has 0 unspecified atom stereocenters. The van der Waals surface area contributed by atoms with Crippen LogP contribution in [0.25, 0.3) is 0 Å². The zero-order valence-electron chi connectivity index (χ0n) is 16.4. The molecule has 1 heterocycles. The van der Waals surface area contributed by atoms with Crippen molar-refractivity contribution in [3.63, 3.8) is 0 Å². The first-order valence-electron chi connectivity index (χ1n) is 9.44. The van der Waals surface area contributed by atoms with Crippen molar-refractivity contribution in [2.24, 2.45) is 0 Å². The van der Waals surface area contributed by atoms with Crippen LogP contribution < -0.4 is 10.6 Å². The molecule has 1 atom stereocenters. The van der Waals surface area contributed by atoms with E-state index in [9.17, 15) is 14.4 Å². The van der Waals surface area contributed by atoms with E-state index in [1.807, 2.05) is 49.4 Å². The number of nitrogens with one attached hydrogen (secondary N) is 2. The molecule has 2 N–H and O–H groups in total. The molecule has 0 spiro atoms. The van der Waals surface area contributed by atoms with Gasteiger partial charge in [0.2, 0.25) is 5.91 Å². The van der Waals surface area contributed by atoms with Crippen LogP contribution in [0.3, 0.4) is 0 Å². The Balaban J connectivity index is 1.73. The molecule has 0 radical (unpaired) electrons. The molecule has 1 aliphatic heterocycles. The molecule has 4 amide bonds. The van der Waals surface area contributed by atoms with Gasteiger partial charge in [-0.15, -0.1) is 0 Å². The summed E-state index contributed by atoms with van der Waals surface area (Å²) in [6, 6.07) is 14.4. The van der Waals surface area contributed by atoms with Crippen molar-refractivity contribution in [1.82, 2.24) is 10.2 Å². The molecule has 2 aromatic carbocycles. The van der Waals surface area contributed by atoms with Gasteiger partial charge in [-0.25, -0.2) is 4.79 Å². The van der Waals surface area contributed by atoms with Crippen LogP contribution in [-0.4, -0.2) is 29.3 Å². The van der Waals surface area contributed by atoms with Gasteiger partial charge in [0, 0.05) is 5.69 Å². The van der Waals surface area contributed by atoms with Crippen LogP contribution in [0.4, 0.5) is 10.5 Å². The van der Waals surface area contributed by atoms with Gasteiger partial charge >= 0.3 is 6.03 Å². The maximum atomic E-state index is 13.0. The fourth-order valence-corrected chi connectivity index (χ4v) is 3.38. The maximum absolute atomic E-state index is 13.0. The van der Waals surface area contributed by atoms with Crippen molar-refractivity contribution in [3.8, 4) is 0 Å². The van der Waals surface area contributed by atoms with E-state index in [-0.39, 0.29) is 6.54 Å². The Morgan fingerprint density at radius 3 is 2.43 bits per heavy atom. The molecule has 0 aromatic heterocycles. The minimum Gasteiger partial charge on any atom is -0.324 e. The lowest BCUT2D eigenvalue weighted by Gasteiger charge is -2.22. The highest BCUT2D eigenvalue weighted by Gasteiger charge is 2.49. The fourth-order valence-electron chi connectivity index (χ4n) is 3.38. The predicted molar refractivity (Wildman–Crippen MR) is 108 cm³/mol. The summed E-state index contributed by atoms with van der Waals surface area (Å²) in [6.07, 6.45) is 2.00. The van der Waals surface area contributed by atoms with Gasteiger partial charge in [0.05, 0.1) is 0 Å². The molecule has 6 heteroatoms. The van der Waals surface area contributed by atoms with Gasteiger partial charge in [-0.05, 0) is 43.0 Å². The van der Waals surface area contributed by atoms with E-state index in [1.165, 1.54) is 5.56 Å². The summed E-state index contributed by atoms with van der Waals surface area (Å²) in [4.78, 5) is 38.7. The minimum atomic E-state index is -1.18. The Morgan fingerprint density at radius 1 is 1.11 bits per heavy atom. The summed E-state index contributed by atoms with van der Waals surface area (Å²) in [5, 5.41) is 5.49. The van der Waals surface area contributed by atoms with E-state index in [0.29, 0.717) is 11.3 Å². The van der Waals surface area contributed by atoms with Crippen molar-refractivity contribution < 1.29 is 14.4 Å². The molecule has 2 aromatic rings. The Morgan fingerprint density at radius 2 is 1.79 bits per heavy atom. The molecule has 3 rings (SSSR count). The van der Waals surface area contributed by atoms with E-state index in [2.05, 4.69) is 17.6 Å². The highest BCUT2D eigenvalue weighted by atomic mass is 16.2. The highest BCUT2D eigenvalue weighted by molar-refractivity contribution is 6.10. The van der Waals surface area contributed by atoms with Crippen molar-refractivity contribution in [3.05, 3.63) is 65.2 Å². The van der Waals surface area contributed by atoms with E-state index in [4.69, 9.17) is 0 Å². The van der Waals surface area contributed by atoms with Crippen LogP contribution >= 0.6 is 0 Å². The normalized spacial score (nSPS) is 18.9. The third-order valence-corrected chi connectivity index (χ3v) is 5.07. The number of aryl methyl sites for hydroxylation is 2. The zero-order valence-corrected chi connectivity index (χ0v) is 16.4. The molecule has 0 bridgehead atoms. The van der Waals surface area contributed by atoms with Gasteiger partial charge < -0.3 is 10.6 Å². The van der Waals surface area contributed by atoms with Gasteiger partial charge in [-0.3, -0.25) is 14.5 Å². The van der Waals surface area contributed by atoms with Crippen LogP contribution in [-0.2, 0) is 21.5 Å². The summed E-state index contributed by atoms with van der Waals surface area (Å²) >= 11 is 0. The van der Waals surface area contributed by atoms with Crippen molar-refractivity contribution in [2.75, 3.05) is 11.9 Å². The molecule has 28 heavy (non-hydrogen) atoms. The number of carbonyl (C=O) groups excluding carboxylic acids is 3. The number of carbonyl (C=O) groups is 3. The average molecular weight is 379 g/mol. The van der Waals surface area contributed by atoms with Crippen molar-refractivity contribution in [1.29, 1.82) is 0 Å². The van der Waals surface area contributed by atoms with Crippen LogP contribution in [0, 0.1) is 6.92 Å². The number of para-hydroxylation sites is 1. The summed E-state index contributed by atoms with van der Waals surface area (Å²) in [5.74, 6) is -0.846. The van der Waals surface area contributed by atoms with Crippen LogP contribution in [0.1, 0.15) is 37.0 Å². The molecular formula is C22H25N3O3. The molecule has 0 saturated carbocycles. The van der Waals surface area contributed by atoms with E-state index in [1.54, 1.807) is 13.0 Å². The first kappa shape index (κ1) is 19.6. The molecule has 1 saturated heterocycles. The summed E-state index contributed by atoms with van der Waals surface area (Å²) in [7, 11) is 0. The fraction of sp³-hybridized carbons (Fsp3) is 0.318. The average Bonchev–Trinajstić information content (AvgIpc) is 2.88. The van der Waals surface area contributed by atoms with E-state index < -0.39 is 23.4 Å². The number of nitrogens with zero attached hydrogens (tertiary/aromatic N) is 1. The Hall–Kier alpha value is -3.15. The SMILES string of the molecule is CCCc1ccc([C@]2(C)NC(=O)N(CC(=O)Nc3ccccc3C)C2=O)cc1. The molecule has 1 fully saturated rings. The van der Waals surface area contributed by atoms with Gasteiger partial charge in [0.25, 0.3) is 5.91 Å². The molecular weight excluding hydrogens is 354 g/mol. The molecule has 146 valence electrons. The standard InChI is InChI=1S/C22H25N3O3/c1-4-7-16-10-12-17(13-11-16)22(3)20(27)25(21(28)24-22)14-19(26)23-18-9-6-5-8-15(18)2/h5-6,8-13H,4,7,14H2,1-3H3,(H,23,26)(H,24,28)/t22-/m0/s1. The highest BCUT2D eigenvalue weighted by Crippen LogP contribution is 2.29. The number of urea groups is 1. The Bertz CT molecular complexity index is 907. The topological polar surface area (TPSA) is 78.5 Å². The second-order valence-corrected chi connectivity index (χ2v) is 7.26. The smallest absolute Gasteiger partial charge is 0.324 e. The number of rotatable bonds is 6. The Kier molecular flexibility index (Phi) is 5.49. The number of anilines is 1. The van der Waals surface area contributed by atoms with Crippen LogP contribution in [0.5, 0.6) is 0 Å². The van der Waals surface area contributed by atoms with E-state index in [0.717, 1.165) is 23.3 Å². The van der Waals surface area contributed by atoms with E-state index >= 15 is 0 Å².